The summed E-state index contributed by atoms with van der Waals surface area (Å²) in [5, 5.41) is 4.68. The van der Waals surface area contributed by atoms with Crippen LogP contribution >= 0.6 is 39.1 Å². The summed E-state index contributed by atoms with van der Waals surface area (Å²) in [5.41, 5.74) is 1.92. The summed E-state index contributed by atoms with van der Waals surface area (Å²) in [5.74, 6) is 0.841. The Balaban J connectivity index is 2.07. The monoisotopic (exact) mass is 415 g/mol. The van der Waals surface area contributed by atoms with Crippen molar-refractivity contribution < 1.29 is 4.74 Å². The molecule has 0 bridgehead atoms. The van der Waals surface area contributed by atoms with Gasteiger partial charge in [-0.25, -0.2) is 0 Å². The molecule has 0 aromatic heterocycles. The fourth-order valence-electron chi connectivity index (χ4n) is 2.17. The van der Waals surface area contributed by atoms with Crippen molar-refractivity contribution >= 4 is 39.1 Å². The van der Waals surface area contributed by atoms with Crippen LogP contribution in [-0.2, 0) is 13.2 Å². The molecule has 0 unspecified atom stereocenters. The highest BCUT2D eigenvalue weighted by Crippen LogP contribution is 2.28. The molecule has 0 aliphatic rings. The van der Waals surface area contributed by atoms with Gasteiger partial charge in [0.25, 0.3) is 0 Å². The minimum absolute atomic E-state index is 0.349. The second-order valence-electron chi connectivity index (χ2n) is 5.27. The fraction of sp³-hybridized carbons (Fsp3) is 0.333. The highest BCUT2D eigenvalue weighted by Gasteiger charge is 2.09. The van der Waals surface area contributed by atoms with E-state index in [0.717, 1.165) is 34.4 Å². The second kappa shape index (κ2) is 9.53. The Morgan fingerprint density at radius 1 is 1.13 bits per heavy atom. The first-order valence-corrected chi connectivity index (χ1v) is 9.21. The average Bonchev–Trinajstić information content (AvgIpc) is 2.52. The molecule has 0 fully saturated rings. The van der Waals surface area contributed by atoms with Crippen LogP contribution in [-0.4, -0.2) is 6.54 Å². The highest BCUT2D eigenvalue weighted by atomic mass is 79.9. The lowest BCUT2D eigenvalue weighted by Gasteiger charge is -2.14. The van der Waals surface area contributed by atoms with Crippen molar-refractivity contribution in [2.75, 3.05) is 6.54 Å². The van der Waals surface area contributed by atoms with Crippen LogP contribution in [0.4, 0.5) is 0 Å². The van der Waals surface area contributed by atoms with E-state index in [2.05, 4.69) is 34.2 Å². The molecule has 2 nitrogen and oxygen atoms in total. The maximum Gasteiger partial charge on any atom is 0.124 e. The van der Waals surface area contributed by atoms with Gasteiger partial charge < -0.3 is 10.1 Å². The van der Waals surface area contributed by atoms with E-state index in [4.69, 9.17) is 27.9 Å². The van der Waals surface area contributed by atoms with Gasteiger partial charge in [0.1, 0.15) is 12.4 Å². The van der Waals surface area contributed by atoms with Gasteiger partial charge in [-0.2, -0.15) is 0 Å². The van der Waals surface area contributed by atoms with Gasteiger partial charge in [-0.15, -0.1) is 0 Å². The third kappa shape index (κ3) is 5.68. The Morgan fingerprint density at radius 2 is 1.87 bits per heavy atom. The Morgan fingerprint density at radius 3 is 2.57 bits per heavy atom. The summed E-state index contributed by atoms with van der Waals surface area (Å²) >= 11 is 15.9. The van der Waals surface area contributed by atoms with Crippen molar-refractivity contribution in [3.63, 3.8) is 0 Å². The zero-order chi connectivity index (χ0) is 16.7. The molecule has 2 aromatic carbocycles. The molecule has 0 aliphatic heterocycles. The van der Waals surface area contributed by atoms with Crippen molar-refractivity contribution in [3.05, 3.63) is 62.0 Å². The molecule has 2 rings (SSSR count). The summed E-state index contributed by atoms with van der Waals surface area (Å²) in [7, 11) is 0. The molecule has 0 aliphatic carbocycles. The van der Waals surface area contributed by atoms with Crippen molar-refractivity contribution in [2.45, 2.75) is 32.9 Å². The van der Waals surface area contributed by atoms with E-state index in [-0.39, 0.29) is 0 Å². The van der Waals surface area contributed by atoms with Crippen molar-refractivity contribution in [2.24, 2.45) is 0 Å². The summed E-state index contributed by atoms with van der Waals surface area (Å²) in [6, 6.07) is 11.5. The van der Waals surface area contributed by atoms with Gasteiger partial charge in [-0.1, -0.05) is 58.5 Å². The molecule has 0 spiro atoms. The zero-order valence-corrected chi connectivity index (χ0v) is 16.1. The molecule has 2 aromatic rings. The molecule has 0 saturated carbocycles. The lowest BCUT2D eigenvalue weighted by molar-refractivity contribution is 0.302. The molecule has 0 heterocycles. The lowest BCUT2D eigenvalue weighted by atomic mass is 10.2. The summed E-state index contributed by atoms with van der Waals surface area (Å²) in [6.07, 6.45) is 2.35. The predicted molar refractivity (Wildman–Crippen MR) is 102 cm³/mol. The highest BCUT2D eigenvalue weighted by molar-refractivity contribution is 9.10. The first-order valence-electron chi connectivity index (χ1n) is 7.66. The summed E-state index contributed by atoms with van der Waals surface area (Å²) < 4.78 is 7.00. The number of halogens is 3. The number of benzene rings is 2. The topological polar surface area (TPSA) is 21.3 Å². The Bertz CT molecular complexity index is 629. The van der Waals surface area contributed by atoms with Crippen LogP contribution in [0.1, 0.15) is 30.9 Å². The number of ether oxygens (including phenoxy) is 1. The maximum atomic E-state index is 6.19. The van der Waals surface area contributed by atoms with Gasteiger partial charge >= 0.3 is 0 Å². The first-order chi connectivity index (χ1) is 11.1. The van der Waals surface area contributed by atoms with Gasteiger partial charge in [-0.05, 0) is 43.3 Å². The molecule has 0 atom stereocenters. The number of rotatable bonds is 8. The van der Waals surface area contributed by atoms with Crippen LogP contribution in [0.2, 0.25) is 10.0 Å². The van der Waals surface area contributed by atoms with Crippen molar-refractivity contribution in [1.82, 2.24) is 5.32 Å². The van der Waals surface area contributed by atoms with E-state index in [0.29, 0.717) is 16.7 Å². The fourth-order valence-corrected chi connectivity index (χ4v) is 3.09. The van der Waals surface area contributed by atoms with Gasteiger partial charge in [-0.3, -0.25) is 0 Å². The van der Waals surface area contributed by atoms with Crippen molar-refractivity contribution in [1.29, 1.82) is 0 Å². The minimum Gasteiger partial charge on any atom is -0.488 e. The first kappa shape index (κ1) is 18.6. The molecular weight excluding hydrogens is 397 g/mol. The number of hydrogen-bond donors (Lipinski definition) is 1. The van der Waals surface area contributed by atoms with Crippen LogP contribution in [0, 0.1) is 0 Å². The Kier molecular flexibility index (Phi) is 7.71. The van der Waals surface area contributed by atoms with Crippen LogP contribution in [0.25, 0.3) is 0 Å². The largest absolute Gasteiger partial charge is 0.488 e. The lowest BCUT2D eigenvalue weighted by Crippen LogP contribution is -2.15. The SMILES string of the molecule is CCCCNCc1cc(Br)ccc1OCc1c(Cl)cccc1Cl. The number of nitrogens with one attached hydrogen (secondary N) is 1. The third-order valence-electron chi connectivity index (χ3n) is 3.48. The maximum absolute atomic E-state index is 6.19. The van der Waals surface area contributed by atoms with Gasteiger partial charge in [0.05, 0.1) is 0 Å². The number of hydrogen-bond acceptors (Lipinski definition) is 2. The average molecular weight is 417 g/mol. The Hall–Kier alpha value is -0.740. The third-order valence-corrected chi connectivity index (χ3v) is 4.68. The molecule has 0 amide bonds. The molecule has 0 saturated heterocycles. The van der Waals surface area contributed by atoms with E-state index in [9.17, 15) is 0 Å². The van der Waals surface area contributed by atoms with E-state index in [1.165, 1.54) is 12.8 Å². The van der Waals surface area contributed by atoms with Gasteiger partial charge in [0, 0.05) is 32.2 Å². The summed E-state index contributed by atoms with van der Waals surface area (Å²) in [4.78, 5) is 0. The molecule has 124 valence electrons. The number of unbranched alkanes of at least 4 members (excludes halogenated alkanes) is 1. The Labute approximate surface area is 156 Å². The molecule has 23 heavy (non-hydrogen) atoms. The van der Waals surface area contributed by atoms with E-state index >= 15 is 0 Å². The zero-order valence-electron chi connectivity index (χ0n) is 13.0. The smallest absolute Gasteiger partial charge is 0.124 e. The molecule has 1 N–H and O–H groups in total. The second-order valence-corrected chi connectivity index (χ2v) is 7.00. The molecular formula is C18H20BrCl2NO. The van der Waals surface area contributed by atoms with E-state index in [1.54, 1.807) is 0 Å². The van der Waals surface area contributed by atoms with E-state index < -0.39 is 0 Å². The quantitative estimate of drug-likeness (QED) is 0.515. The molecule has 5 heteroatoms. The van der Waals surface area contributed by atoms with Crippen LogP contribution in [0.15, 0.2) is 40.9 Å². The normalized spacial score (nSPS) is 10.8. The minimum atomic E-state index is 0.349. The van der Waals surface area contributed by atoms with Crippen LogP contribution in [0.3, 0.4) is 0 Å². The standard InChI is InChI=1S/C18H20BrCl2NO/c1-2-3-9-22-11-13-10-14(19)7-8-18(13)23-12-15-16(20)5-4-6-17(15)21/h4-8,10,22H,2-3,9,11-12H2,1H3. The molecule has 0 radical (unpaired) electrons. The van der Waals surface area contributed by atoms with Crippen molar-refractivity contribution in [3.8, 4) is 5.75 Å². The van der Waals surface area contributed by atoms with E-state index in [1.807, 2.05) is 30.3 Å². The van der Waals surface area contributed by atoms with Gasteiger partial charge in [0.15, 0.2) is 0 Å². The predicted octanol–water partition coefficient (Wildman–Crippen LogP) is 6.22. The van der Waals surface area contributed by atoms with Crippen LogP contribution in [0.5, 0.6) is 5.75 Å². The summed E-state index contributed by atoms with van der Waals surface area (Å²) in [6.45, 7) is 4.30. The van der Waals surface area contributed by atoms with Crippen LogP contribution < -0.4 is 10.1 Å². The van der Waals surface area contributed by atoms with Gasteiger partial charge in [0.2, 0.25) is 0 Å².